The Morgan fingerprint density at radius 1 is 0.971 bits per heavy atom. The number of fused-ring (bicyclic) bond motifs is 2. The van der Waals surface area contributed by atoms with Gasteiger partial charge in [-0.3, -0.25) is 4.90 Å². The maximum Gasteiger partial charge on any atom is 0.337 e. The van der Waals surface area contributed by atoms with E-state index in [-0.39, 0.29) is 18.0 Å². The van der Waals surface area contributed by atoms with E-state index in [9.17, 15) is 4.79 Å². The van der Waals surface area contributed by atoms with Gasteiger partial charge in [0.05, 0.1) is 12.7 Å². The van der Waals surface area contributed by atoms with Gasteiger partial charge in [0, 0.05) is 24.6 Å². The van der Waals surface area contributed by atoms with Crippen molar-refractivity contribution in [1.29, 1.82) is 0 Å². The maximum absolute atomic E-state index is 12.2. The fourth-order valence-electron chi connectivity index (χ4n) is 5.29. The van der Waals surface area contributed by atoms with Gasteiger partial charge in [-0.05, 0) is 66.1 Å². The SMILES string of the molecule is COC(=O)c1ccc(C)c(C2CC(CN(C)Cc3cccc4ccccc34)Oc3ccccc32)c1. The first-order valence-corrected chi connectivity index (χ1v) is 12.1. The molecule has 0 amide bonds. The van der Waals surface area contributed by atoms with E-state index in [0.717, 1.165) is 30.8 Å². The fourth-order valence-corrected chi connectivity index (χ4v) is 5.29. The zero-order valence-electron chi connectivity index (χ0n) is 20.5. The number of rotatable bonds is 6. The van der Waals surface area contributed by atoms with Crippen LogP contribution < -0.4 is 4.74 Å². The number of nitrogens with zero attached hydrogens (tertiary/aromatic N) is 1. The first kappa shape index (κ1) is 23.1. The number of hydrogen-bond donors (Lipinski definition) is 0. The van der Waals surface area contributed by atoms with Crippen molar-refractivity contribution >= 4 is 16.7 Å². The van der Waals surface area contributed by atoms with Crippen LogP contribution in [0.2, 0.25) is 0 Å². The molecule has 1 heterocycles. The lowest BCUT2D eigenvalue weighted by Crippen LogP contribution is -2.37. The largest absolute Gasteiger partial charge is 0.489 e. The van der Waals surface area contributed by atoms with E-state index in [1.54, 1.807) is 0 Å². The van der Waals surface area contributed by atoms with Gasteiger partial charge in [-0.1, -0.05) is 66.7 Å². The molecule has 0 bridgehead atoms. The summed E-state index contributed by atoms with van der Waals surface area (Å²) in [6.45, 7) is 3.77. The van der Waals surface area contributed by atoms with Gasteiger partial charge in [-0.25, -0.2) is 4.79 Å². The molecule has 0 spiro atoms. The van der Waals surface area contributed by atoms with E-state index in [1.807, 2.05) is 24.3 Å². The summed E-state index contributed by atoms with van der Waals surface area (Å²) in [6, 6.07) is 29.2. The van der Waals surface area contributed by atoms with Crippen LogP contribution in [0.25, 0.3) is 10.8 Å². The van der Waals surface area contributed by atoms with E-state index in [4.69, 9.17) is 9.47 Å². The van der Waals surface area contributed by atoms with Gasteiger partial charge in [-0.15, -0.1) is 0 Å². The summed E-state index contributed by atoms with van der Waals surface area (Å²) in [6.07, 6.45) is 0.888. The van der Waals surface area contributed by atoms with Gasteiger partial charge >= 0.3 is 5.97 Å². The van der Waals surface area contributed by atoms with Crippen LogP contribution in [0, 0.1) is 6.92 Å². The van der Waals surface area contributed by atoms with Crippen molar-refractivity contribution in [3.63, 3.8) is 0 Å². The first-order valence-electron chi connectivity index (χ1n) is 12.1. The predicted molar refractivity (Wildman–Crippen MR) is 140 cm³/mol. The minimum absolute atomic E-state index is 0.0380. The zero-order valence-corrected chi connectivity index (χ0v) is 20.5. The summed E-state index contributed by atoms with van der Waals surface area (Å²) in [5, 5.41) is 2.56. The third-order valence-corrected chi connectivity index (χ3v) is 7.00. The molecule has 0 aliphatic carbocycles. The number of para-hydroxylation sites is 1. The van der Waals surface area contributed by atoms with Crippen LogP contribution in [0.4, 0.5) is 0 Å². The van der Waals surface area contributed by atoms with Crippen molar-refractivity contribution in [3.8, 4) is 5.75 Å². The second-order valence-electron chi connectivity index (χ2n) is 9.46. The third kappa shape index (κ3) is 4.80. The Morgan fingerprint density at radius 3 is 2.60 bits per heavy atom. The minimum Gasteiger partial charge on any atom is -0.489 e. The van der Waals surface area contributed by atoms with Crippen LogP contribution in [0.5, 0.6) is 5.75 Å². The molecule has 178 valence electrons. The highest BCUT2D eigenvalue weighted by Crippen LogP contribution is 2.42. The molecule has 4 heteroatoms. The van der Waals surface area contributed by atoms with E-state index in [0.29, 0.717) is 5.56 Å². The van der Waals surface area contributed by atoms with Gasteiger partial charge in [-0.2, -0.15) is 0 Å². The summed E-state index contributed by atoms with van der Waals surface area (Å²) >= 11 is 0. The summed E-state index contributed by atoms with van der Waals surface area (Å²) in [7, 11) is 3.58. The molecule has 2 atom stereocenters. The lowest BCUT2D eigenvalue weighted by atomic mass is 9.81. The highest BCUT2D eigenvalue weighted by atomic mass is 16.5. The molecule has 0 radical (unpaired) electrons. The number of likely N-dealkylation sites (N-methyl/N-ethyl adjacent to an activating group) is 1. The van der Waals surface area contributed by atoms with Crippen LogP contribution in [-0.4, -0.2) is 37.7 Å². The van der Waals surface area contributed by atoms with Crippen molar-refractivity contribution in [2.45, 2.75) is 31.9 Å². The molecule has 0 N–H and O–H groups in total. The zero-order chi connectivity index (χ0) is 24.4. The second kappa shape index (κ2) is 9.93. The molecule has 0 fully saturated rings. The monoisotopic (exact) mass is 465 g/mol. The van der Waals surface area contributed by atoms with Crippen molar-refractivity contribution in [2.75, 3.05) is 20.7 Å². The highest BCUT2D eigenvalue weighted by molar-refractivity contribution is 5.89. The van der Waals surface area contributed by atoms with Gasteiger partial charge in [0.15, 0.2) is 0 Å². The van der Waals surface area contributed by atoms with E-state index < -0.39 is 0 Å². The smallest absolute Gasteiger partial charge is 0.337 e. The molecular formula is C31H31NO3. The van der Waals surface area contributed by atoms with Gasteiger partial charge in [0.25, 0.3) is 0 Å². The summed E-state index contributed by atoms with van der Waals surface area (Å²) < 4.78 is 11.5. The van der Waals surface area contributed by atoms with Gasteiger partial charge in [0.1, 0.15) is 11.9 Å². The Labute approximate surface area is 207 Å². The molecule has 4 nitrogen and oxygen atoms in total. The van der Waals surface area contributed by atoms with Crippen molar-refractivity contribution in [2.24, 2.45) is 0 Å². The quantitative estimate of drug-likeness (QED) is 0.311. The minimum atomic E-state index is -0.307. The van der Waals surface area contributed by atoms with E-state index >= 15 is 0 Å². The molecular weight excluding hydrogens is 434 g/mol. The molecule has 1 aliphatic rings. The number of esters is 1. The number of methoxy groups -OCH3 is 1. The topological polar surface area (TPSA) is 38.8 Å². The summed E-state index contributed by atoms with van der Waals surface area (Å²) in [5.41, 5.74) is 5.40. The Kier molecular flexibility index (Phi) is 6.56. The maximum atomic E-state index is 12.2. The van der Waals surface area contributed by atoms with Crippen LogP contribution in [0.15, 0.2) is 84.9 Å². The Morgan fingerprint density at radius 2 is 1.74 bits per heavy atom. The summed E-state index contributed by atoms with van der Waals surface area (Å²) in [4.78, 5) is 14.6. The van der Waals surface area contributed by atoms with Gasteiger partial charge in [0.2, 0.25) is 0 Å². The van der Waals surface area contributed by atoms with E-state index in [2.05, 4.69) is 79.5 Å². The molecule has 0 aromatic heterocycles. The molecule has 4 aromatic carbocycles. The number of aryl methyl sites for hydroxylation is 1. The van der Waals surface area contributed by atoms with Crippen LogP contribution in [-0.2, 0) is 11.3 Å². The lowest BCUT2D eigenvalue weighted by molar-refractivity contribution is 0.0600. The molecule has 0 saturated carbocycles. The average Bonchev–Trinajstić information content (AvgIpc) is 2.88. The van der Waals surface area contributed by atoms with Crippen molar-refractivity contribution in [3.05, 3.63) is 113 Å². The Hall–Kier alpha value is -3.63. The fraction of sp³-hybridized carbons (Fsp3) is 0.258. The molecule has 5 rings (SSSR count). The highest BCUT2D eigenvalue weighted by Gasteiger charge is 2.31. The average molecular weight is 466 g/mol. The van der Waals surface area contributed by atoms with Crippen LogP contribution in [0.3, 0.4) is 0 Å². The number of benzene rings is 4. The molecule has 0 saturated heterocycles. The van der Waals surface area contributed by atoms with Crippen LogP contribution in [0.1, 0.15) is 45.0 Å². The van der Waals surface area contributed by atoms with Gasteiger partial charge < -0.3 is 9.47 Å². The van der Waals surface area contributed by atoms with Crippen LogP contribution >= 0.6 is 0 Å². The standard InChI is InChI=1S/C31H31NO3/c1-21-15-16-23(31(33)34-3)17-28(21)29-18-25(35-30-14-7-6-13-27(29)30)20-32(2)19-24-11-8-10-22-9-4-5-12-26(22)24/h4-17,25,29H,18-20H2,1-3H3. The normalized spacial score (nSPS) is 17.1. The molecule has 4 aromatic rings. The predicted octanol–water partition coefficient (Wildman–Crippen LogP) is 6.35. The number of carbonyl (C=O) groups is 1. The van der Waals surface area contributed by atoms with E-state index in [1.165, 1.54) is 34.6 Å². The molecule has 35 heavy (non-hydrogen) atoms. The van der Waals surface area contributed by atoms with Crippen molar-refractivity contribution in [1.82, 2.24) is 4.90 Å². The second-order valence-corrected chi connectivity index (χ2v) is 9.46. The van der Waals surface area contributed by atoms with Crippen molar-refractivity contribution < 1.29 is 14.3 Å². The summed E-state index contributed by atoms with van der Waals surface area (Å²) in [5.74, 6) is 0.772. The number of ether oxygens (including phenoxy) is 2. The molecule has 2 unspecified atom stereocenters. The lowest BCUT2D eigenvalue weighted by Gasteiger charge is -2.35. The Balaban J connectivity index is 1.40. The molecule has 1 aliphatic heterocycles. The third-order valence-electron chi connectivity index (χ3n) is 7.00. The first-order chi connectivity index (χ1) is 17.0. The number of carbonyl (C=O) groups excluding carboxylic acids is 1. The number of hydrogen-bond acceptors (Lipinski definition) is 4. The Bertz CT molecular complexity index is 1360.